The van der Waals surface area contributed by atoms with Crippen LogP contribution in [0.2, 0.25) is 5.15 Å². The minimum Gasteiger partial charge on any atom is -0.348 e. The Labute approximate surface area is 101 Å². The zero-order chi connectivity index (χ0) is 11.3. The molecule has 1 aromatic rings. The van der Waals surface area contributed by atoms with E-state index in [9.17, 15) is 0 Å². The summed E-state index contributed by atoms with van der Waals surface area (Å²) in [5.41, 5.74) is 2.43. The second kappa shape index (κ2) is 3.60. The molecule has 3 rings (SSSR count). The maximum Gasteiger partial charge on any atom is 0.134 e. The van der Waals surface area contributed by atoms with Crippen LogP contribution in [0.25, 0.3) is 0 Å². The second-order valence-corrected chi connectivity index (χ2v) is 5.21. The van der Waals surface area contributed by atoms with Crippen molar-refractivity contribution in [3.63, 3.8) is 0 Å². The Hall–Kier alpha value is -0.800. The number of piperazine rings is 1. The van der Waals surface area contributed by atoms with E-state index >= 15 is 0 Å². The van der Waals surface area contributed by atoms with Gasteiger partial charge in [-0.3, -0.25) is 0 Å². The number of aromatic nitrogens is 1. The zero-order valence-electron chi connectivity index (χ0n) is 9.63. The number of nitrogens with one attached hydrogen (secondary N) is 1. The summed E-state index contributed by atoms with van der Waals surface area (Å²) in [6.45, 7) is 6.35. The first kappa shape index (κ1) is 10.4. The molecule has 1 saturated heterocycles. The van der Waals surface area contributed by atoms with Gasteiger partial charge in [-0.1, -0.05) is 11.6 Å². The van der Waals surface area contributed by atoms with Gasteiger partial charge >= 0.3 is 0 Å². The molecular weight excluding hydrogens is 222 g/mol. The largest absolute Gasteiger partial charge is 0.348 e. The summed E-state index contributed by atoms with van der Waals surface area (Å²) in [4.78, 5) is 6.98. The lowest BCUT2D eigenvalue weighted by molar-refractivity contribution is 0.428. The monoisotopic (exact) mass is 237 g/mol. The maximum absolute atomic E-state index is 6.12. The first-order valence-electron chi connectivity index (χ1n) is 5.82. The molecule has 2 aliphatic heterocycles. The van der Waals surface area contributed by atoms with Crippen LogP contribution in [0.3, 0.4) is 0 Å². The van der Waals surface area contributed by atoms with E-state index in [0.717, 1.165) is 30.9 Å². The summed E-state index contributed by atoms with van der Waals surface area (Å²) in [6, 6.07) is 3.26. The van der Waals surface area contributed by atoms with Crippen LogP contribution in [-0.2, 0) is 6.42 Å². The van der Waals surface area contributed by atoms with Crippen molar-refractivity contribution < 1.29 is 0 Å². The summed E-state index contributed by atoms with van der Waals surface area (Å²) in [5.74, 6) is 1.11. The topological polar surface area (TPSA) is 28.2 Å². The van der Waals surface area contributed by atoms with E-state index in [4.69, 9.17) is 11.6 Å². The highest BCUT2D eigenvalue weighted by Crippen LogP contribution is 2.35. The molecule has 4 heteroatoms. The predicted molar refractivity (Wildman–Crippen MR) is 66.3 cm³/mol. The minimum atomic E-state index is 0.506. The molecule has 0 radical (unpaired) electrons. The Bertz CT molecular complexity index is 433. The molecule has 2 atom stereocenters. The number of pyridine rings is 1. The lowest BCUT2D eigenvalue weighted by atomic mass is 10.1. The van der Waals surface area contributed by atoms with E-state index in [1.165, 1.54) is 5.56 Å². The fraction of sp³-hybridized carbons (Fsp3) is 0.583. The van der Waals surface area contributed by atoms with Gasteiger partial charge < -0.3 is 10.2 Å². The highest BCUT2D eigenvalue weighted by molar-refractivity contribution is 6.30. The fourth-order valence-electron chi connectivity index (χ4n) is 2.83. The van der Waals surface area contributed by atoms with Gasteiger partial charge in [-0.15, -0.1) is 0 Å². The van der Waals surface area contributed by atoms with Gasteiger partial charge in [-0.2, -0.15) is 0 Å². The van der Waals surface area contributed by atoms with E-state index < -0.39 is 0 Å². The van der Waals surface area contributed by atoms with Crippen LogP contribution in [0.15, 0.2) is 6.07 Å². The molecule has 2 aliphatic rings. The molecule has 86 valence electrons. The zero-order valence-corrected chi connectivity index (χ0v) is 10.4. The van der Waals surface area contributed by atoms with E-state index in [1.54, 1.807) is 0 Å². The van der Waals surface area contributed by atoms with Gasteiger partial charge in [0.15, 0.2) is 0 Å². The van der Waals surface area contributed by atoms with Gasteiger partial charge in [-0.05, 0) is 37.5 Å². The molecule has 0 amide bonds. The van der Waals surface area contributed by atoms with Crippen LogP contribution in [0.1, 0.15) is 18.1 Å². The van der Waals surface area contributed by atoms with Gasteiger partial charge in [0, 0.05) is 25.2 Å². The maximum atomic E-state index is 6.12. The van der Waals surface area contributed by atoms with Crippen molar-refractivity contribution in [2.75, 3.05) is 18.0 Å². The lowest BCUT2D eigenvalue weighted by Gasteiger charge is -2.37. The fourth-order valence-corrected chi connectivity index (χ4v) is 2.97. The molecule has 0 aromatic carbocycles. The van der Waals surface area contributed by atoms with Gasteiger partial charge in [0.25, 0.3) is 0 Å². The second-order valence-electron chi connectivity index (χ2n) is 4.85. The smallest absolute Gasteiger partial charge is 0.134 e. The van der Waals surface area contributed by atoms with Gasteiger partial charge in [0.05, 0.1) is 0 Å². The Kier molecular flexibility index (Phi) is 2.33. The van der Waals surface area contributed by atoms with Crippen molar-refractivity contribution in [2.24, 2.45) is 0 Å². The number of rotatable bonds is 0. The molecule has 0 saturated carbocycles. The molecular formula is C12H16ClN3. The predicted octanol–water partition coefficient (Wildman–Crippen LogP) is 1.77. The van der Waals surface area contributed by atoms with Crippen LogP contribution in [-0.4, -0.2) is 30.2 Å². The van der Waals surface area contributed by atoms with E-state index in [1.807, 2.05) is 6.92 Å². The van der Waals surface area contributed by atoms with Crippen molar-refractivity contribution in [3.05, 3.63) is 22.3 Å². The van der Waals surface area contributed by atoms with Gasteiger partial charge in [-0.25, -0.2) is 4.98 Å². The quantitative estimate of drug-likeness (QED) is 0.697. The Balaban J connectivity index is 2.06. The standard InChI is InChI=1S/C12H16ClN3/c1-7-3-9-4-10-6-14-5-8(2)16(10)12(9)15-11(7)13/h3,8,10,14H,4-6H2,1-2H3/t8-,10-/m1/s1. The van der Waals surface area contributed by atoms with Crippen LogP contribution >= 0.6 is 11.6 Å². The van der Waals surface area contributed by atoms with Crippen LogP contribution in [0, 0.1) is 6.92 Å². The first-order valence-corrected chi connectivity index (χ1v) is 6.19. The number of hydrogen-bond donors (Lipinski definition) is 1. The first-order chi connectivity index (χ1) is 7.66. The van der Waals surface area contributed by atoms with Crippen molar-refractivity contribution in [1.29, 1.82) is 0 Å². The molecule has 16 heavy (non-hydrogen) atoms. The number of fused-ring (bicyclic) bond motifs is 3. The highest BCUT2D eigenvalue weighted by Gasteiger charge is 2.36. The average Bonchev–Trinajstić information content (AvgIpc) is 2.58. The van der Waals surface area contributed by atoms with Crippen molar-refractivity contribution in [3.8, 4) is 0 Å². The van der Waals surface area contributed by atoms with Crippen LogP contribution in [0.5, 0.6) is 0 Å². The molecule has 0 bridgehead atoms. The number of nitrogens with zero attached hydrogens (tertiary/aromatic N) is 2. The van der Waals surface area contributed by atoms with E-state index in [-0.39, 0.29) is 0 Å². The van der Waals surface area contributed by atoms with Crippen molar-refractivity contribution in [2.45, 2.75) is 32.4 Å². The molecule has 1 N–H and O–H groups in total. The molecule has 0 unspecified atom stereocenters. The summed E-state index contributed by atoms with van der Waals surface area (Å²) in [7, 11) is 0. The van der Waals surface area contributed by atoms with Crippen molar-refractivity contribution in [1.82, 2.24) is 10.3 Å². The summed E-state index contributed by atoms with van der Waals surface area (Å²) in [5, 5.41) is 4.11. The summed E-state index contributed by atoms with van der Waals surface area (Å²) in [6.07, 6.45) is 1.09. The number of aryl methyl sites for hydroxylation is 1. The van der Waals surface area contributed by atoms with E-state index in [2.05, 4.69) is 28.2 Å². The normalized spacial score (nSPS) is 27.8. The molecule has 0 aliphatic carbocycles. The number of halogens is 1. The third-order valence-electron chi connectivity index (χ3n) is 3.60. The SMILES string of the molecule is Cc1cc2c(nc1Cl)N1[C@@H](CNC[C@H]1C)C2. The van der Waals surface area contributed by atoms with E-state index in [0.29, 0.717) is 17.2 Å². The third-order valence-corrected chi connectivity index (χ3v) is 3.98. The Morgan fingerprint density at radius 3 is 3.12 bits per heavy atom. The molecule has 3 heterocycles. The molecule has 1 fully saturated rings. The third kappa shape index (κ3) is 1.42. The highest BCUT2D eigenvalue weighted by atomic mass is 35.5. The Morgan fingerprint density at radius 2 is 2.31 bits per heavy atom. The minimum absolute atomic E-state index is 0.506. The molecule has 3 nitrogen and oxygen atoms in total. The molecule has 1 aromatic heterocycles. The summed E-state index contributed by atoms with van der Waals surface area (Å²) < 4.78 is 0. The van der Waals surface area contributed by atoms with Crippen molar-refractivity contribution >= 4 is 17.4 Å². The number of hydrogen-bond acceptors (Lipinski definition) is 3. The number of anilines is 1. The van der Waals surface area contributed by atoms with Gasteiger partial charge in [0.2, 0.25) is 0 Å². The summed E-state index contributed by atoms with van der Waals surface area (Å²) >= 11 is 6.12. The van der Waals surface area contributed by atoms with Crippen LogP contribution < -0.4 is 10.2 Å². The van der Waals surface area contributed by atoms with Gasteiger partial charge in [0.1, 0.15) is 11.0 Å². The molecule has 0 spiro atoms. The van der Waals surface area contributed by atoms with Crippen LogP contribution in [0.4, 0.5) is 5.82 Å². The average molecular weight is 238 g/mol. The Morgan fingerprint density at radius 1 is 1.50 bits per heavy atom. The lowest BCUT2D eigenvalue weighted by Crippen LogP contribution is -2.55.